The largest absolute Gasteiger partial charge is 0.396 e. The Labute approximate surface area is 176 Å². The molecule has 5 nitrogen and oxygen atoms in total. The standard InChI is InChI=1S/C23H27N3O2S/c1-16-11-17(2)20-13-19(22(28)25-21(20)12-16)15-26(9-6-10-27)23(29)24-14-18-7-4-3-5-8-18/h3-5,7-8,11-13,27H,6,9-10,14-15H2,1-2H3,(H,24,29)(H,25,28). The molecule has 6 heteroatoms. The van der Waals surface area contributed by atoms with Crippen LogP contribution in [0.3, 0.4) is 0 Å². The second-order valence-electron chi connectivity index (χ2n) is 7.31. The first-order valence-electron chi connectivity index (χ1n) is 9.78. The van der Waals surface area contributed by atoms with Gasteiger partial charge in [0.2, 0.25) is 0 Å². The highest BCUT2D eigenvalue weighted by molar-refractivity contribution is 7.80. The topological polar surface area (TPSA) is 68.4 Å². The zero-order valence-electron chi connectivity index (χ0n) is 16.9. The molecule has 0 aliphatic heterocycles. The van der Waals surface area contributed by atoms with Crippen molar-refractivity contribution in [2.75, 3.05) is 13.2 Å². The van der Waals surface area contributed by atoms with Crippen molar-refractivity contribution in [1.29, 1.82) is 0 Å². The molecule has 152 valence electrons. The third-order valence-corrected chi connectivity index (χ3v) is 5.31. The van der Waals surface area contributed by atoms with Crippen LogP contribution in [0.4, 0.5) is 0 Å². The molecule has 0 saturated heterocycles. The Morgan fingerprint density at radius 1 is 1.17 bits per heavy atom. The van der Waals surface area contributed by atoms with Crippen LogP contribution in [0.5, 0.6) is 0 Å². The monoisotopic (exact) mass is 409 g/mol. The van der Waals surface area contributed by atoms with Crippen molar-refractivity contribution >= 4 is 28.2 Å². The zero-order valence-corrected chi connectivity index (χ0v) is 17.7. The van der Waals surface area contributed by atoms with E-state index in [0.717, 1.165) is 27.6 Å². The minimum Gasteiger partial charge on any atom is -0.396 e. The fourth-order valence-electron chi connectivity index (χ4n) is 3.44. The van der Waals surface area contributed by atoms with Crippen molar-refractivity contribution in [3.05, 3.63) is 81.1 Å². The summed E-state index contributed by atoms with van der Waals surface area (Å²) >= 11 is 5.59. The molecule has 1 heterocycles. The van der Waals surface area contributed by atoms with E-state index in [0.29, 0.717) is 36.7 Å². The second-order valence-corrected chi connectivity index (χ2v) is 7.70. The highest BCUT2D eigenvalue weighted by Crippen LogP contribution is 2.19. The highest BCUT2D eigenvalue weighted by atomic mass is 32.1. The van der Waals surface area contributed by atoms with Gasteiger partial charge in [0.1, 0.15) is 0 Å². The van der Waals surface area contributed by atoms with Gasteiger partial charge in [0.25, 0.3) is 5.56 Å². The number of aromatic amines is 1. The number of benzene rings is 2. The molecule has 0 unspecified atom stereocenters. The fraction of sp³-hybridized carbons (Fsp3) is 0.304. The van der Waals surface area contributed by atoms with Gasteiger partial charge in [0.15, 0.2) is 5.11 Å². The lowest BCUT2D eigenvalue weighted by atomic mass is 10.0. The maximum Gasteiger partial charge on any atom is 0.253 e. The lowest BCUT2D eigenvalue weighted by Crippen LogP contribution is -2.40. The number of fused-ring (bicyclic) bond motifs is 1. The van der Waals surface area contributed by atoms with Gasteiger partial charge >= 0.3 is 0 Å². The van der Waals surface area contributed by atoms with Crippen molar-refractivity contribution in [1.82, 2.24) is 15.2 Å². The van der Waals surface area contributed by atoms with E-state index in [1.54, 1.807) is 0 Å². The summed E-state index contributed by atoms with van der Waals surface area (Å²) in [7, 11) is 0. The second kappa shape index (κ2) is 9.67. The number of hydrogen-bond donors (Lipinski definition) is 3. The molecule has 0 amide bonds. The van der Waals surface area contributed by atoms with Crippen LogP contribution >= 0.6 is 12.2 Å². The first-order chi connectivity index (χ1) is 14.0. The Bertz CT molecular complexity index is 1050. The Balaban J connectivity index is 1.81. The number of aliphatic hydroxyl groups is 1. The number of aliphatic hydroxyl groups excluding tert-OH is 1. The average molecular weight is 410 g/mol. The van der Waals surface area contributed by atoms with Gasteiger partial charge < -0.3 is 20.3 Å². The van der Waals surface area contributed by atoms with E-state index in [1.807, 2.05) is 61.2 Å². The third kappa shape index (κ3) is 5.43. The normalized spacial score (nSPS) is 10.9. The van der Waals surface area contributed by atoms with Gasteiger partial charge in [0, 0.05) is 36.2 Å². The minimum absolute atomic E-state index is 0.0737. The lowest BCUT2D eigenvalue weighted by Gasteiger charge is -2.26. The number of rotatable bonds is 7. The number of nitrogens with zero attached hydrogens (tertiary/aromatic N) is 1. The first-order valence-corrected chi connectivity index (χ1v) is 10.2. The molecule has 1 aromatic heterocycles. The van der Waals surface area contributed by atoms with E-state index in [-0.39, 0.29) is 12.2 Å². The third-order valence-electron chi connectivity index (χ3n) is 4.91. The number of pyridine rings is 1. The Morgan fingerprint density at radius 3 is 2.66 bits per heavy atom. The van der Waals surface area contributed by atoms with Crippen LogP contribution in [0.2, 0.25) is 0 Å². The number of aryl methyl sites for hydroxylation is 2. The number of hydrogen-bond acceptors (Lipinski definition) is 3. The summed E-state index contributed by atoms with van der Waals surface area (Å²) in [6, 6.07) is 16.1. The predicted octanol–water partition coefficient (Wildman–Crippen LogP) is 3.40. The van der Waals surface area contributed by atoms with E-state index in [1.165, 1.54) is 0 Å². The summed E-state index contributed by atoms with van der Waals surface area (Å²) in [6.07, 6.45) is 0.580. The zero-order chi connectivity index (χ0) is 20.8. The molecule has 0 bridgehead atoms. The van der Waals surface area contributed by atoms with Gasteiger partial charge in [-0.05, 0) is 61.3 Å². The van der Waals surface area contributed by atoms with Crippen LogP contribution < -0.4 is 10.9 Å². The van der Waals surface area contributed by atoms with Gasteiger partial charge in [-0.2, -0.15) is 0 Å². The molecule has 3 aromatic rings. The SMILES string of the molecule is Cc1cc(C)c2cc(CN(CCCO)C(=S)NCc3ccccc3)c(=O)[nH]c2c1. The lowest BCUT2D eigenvalue weighted by molar-refractivity contribution is 0.264. The maximum absolute atomic E-state index is 12.7. The maximum atomic E-state index is 12.7. The van der Waals surface area contributed by atoms with Crippen molar-refractivity contribution in [3.63, 3.8) is 0 Å². The number of nitrogens with one attached hydrogen (secondary N) is 2. The van der Waals surface area contributed by atoms with Gasteiger partial charge in [-0.25, -0.2) is 0 Å². The molecular weight excluding hydrogens is 382 g/mol. The van der Waals surface area contributed by atoms with Gasteiger partial charge in [-0.1, -0.05) is 36.4 Å². The van der Waals surface area contributed by atoms with Crippen LogP contribution in [0.15, 0.2) is 53.3 Å². The highest BCUT2D eigenvalue weighted by Gasteiger charge is 2.14. The smallest absolute Gasteiger partial charge is 0.253 e. The fourth-order valence-corrected chi connectivity index (χ4v) is 3.67. The van der Waals surface area contributed by atoms with E-state index < -0.39 is 0 Å². The van der Waals surface area contributed by atoms with Gasteiger partial charge in [0.05, 0.1) is 6.54 Å². The molecule has 29 heavy (non-hydrogen) atoms. The Kier molecular flexibility index (Phi) is 7.01. The summed E-state index contributed by atoms with van der Waals surface area (Å²) in [6.45, 7) is 5.71. The predicted molar refractivity (Wildman–Crippen MR) is 122 cm³/mol. The molecule has 0 spiro atoms. The van der Waals surface area contributed by atoms with Crippen molar-refractivity contribution in [2.45, 2.75) is 33.4 Å². The van der Waals surface area contributed by atoms with E-state index in [2.05, 4.69) is 16.4 Å². The summed E-state index contributed by atoms with van der Waals surface area (Å²) in [5.74, 6) is 0. The first kappa shape index (κ1) is 21.0. The van der Waals surface area contributed by atoms with E-state index in [9.17, 15) is 9.90 Å². The van der Waals surface area contributed by atoms with Gasteiger partial charge in [-0.3, -0.25) is 4.79 Å². The molecule has 0 aliphatic carbocycles. The van der Waals surface area contributed by atoms with Crippen molar-refractivity contribution in [3.8, 4) is 0 Å². The number of thiocarbonyl (C=S) groups is 1. The molecular formula is C23H27N3O2S. The summed E-state index contributed by atoms with van der Waals surface area (Å²) in [4.78, 5) is 17.6. The summed E-state index contributed by atoms with van der Waals surface area (Å²) < 4.78 is 0. The molecule has 0 fully saturated rings. The summed E-state index contributed by atoms with van der Waals surface area (Å²) in [5.41, 5.74) is 4.78. The van der Waals surface area contributed by atoms with Crippen LogP contribution in [0.25, 0.3) is 10.9 Å². The summed E-state index contributed by atoms with van der Waals surface area (Å²) in [5, 5.41) is 14.1. The average Bonchev–Trinajstić information content (AvgIpc) is 2.70. The molecule has 3 N–H and O–H groups in total. The molecule has 2 aromatic carbocycles. The molecule has 0 aliphatic rings. The van der Waals surface area contributed by atoms with Gasteiger partial charge in [-0.15, -0.1) is 0 Å². The number of aromatic nitrogens is 1. The van der Waals surface area contributed by atoms with Crippen molar-refractivity contribution < 1.29 is 5.11 Å². The van der Waals surface area contributed by atoms with E-state index >= 15 is 0 Å². The Hall–Kier alpha value is -2.70. The van der Waals surface area contributed by atoms with Crippen molar-refractivity contribution in [2.24, 2.45) is 0 Å². The minimum atomic E-state index is -0.109. The van der Waals surface area contributed by atoms with Crippen LogP contribution in [-0.4, -0.2) is 33.3 Å². The molecule has 0 atom stereocenters. The van der Waals surface area contributed by atoms with Crippen LogP contribution in [-0.2, 0) is 13.1 Å². The van der Waals surface area contributed by atoms with Crippen LogP contribution in [0.1, 0.15) is 28.7 Å². The Morgan fingerprint density at radius 2 is 1.93 bits per heavy atom. The molecule has 0 saturated carbocycles. The number of H-pyrrole nitrogens is 1. The van der Waals surface area contributed by atoms with Crippen LogP contribution in [0, 0.1) is 13.8 Å². The quantitative estimate of drug-likeness (QED) is 0.522. The molecule has 0 radical (unpaired) electrons. The van der Waals surface area contributed by atoms with E-state index in [4.69, 9.17) is 12.2 Å². The molecule has 3 rings (SSSR count).